The Bertz CT molecular complexity index is 1820. The molecule has 3 atom stereocenters. The Hall–Kier alpha value is -3.32. The molecule has 3 aromatic rings. The van der Waals surface area contributed by atoms with Gasteiger partial charge in [0.2, 0.25) is 10.0 Å². The maximum atomic E-state index is 13.4. The van der Waals surface area contributed by atoms with E-state index in [9.17, 15) is 26.0 Å². The van der Waals surface area contributed by atoms with Gasteiger partial charge in [-0.2, -0.15) is 0 Å². The van der Waals surface area contributed by atoms with Gasteiger partial charge in [-0.15, -0.1) is 0 Å². The summed E-state index contributed by atoms with van der Waals surface area (Å²) in [7, 11) is -8.14. The molecule has 2 N–H and O–H groups in total. The maximum absolute atomic E-state index is 13.4. The molecule has 2 heterocycles. The summed E-state index contributed by atoms with van der Waals surface area (Å²) in [5.41, 5.74) is 1.21. The minimum Gasteiger partial charge on any atom is -0.487 e. The number of sulfonamides is 2. The lowest BCUT2D eigenvalue weighted by Gasteiger charge is -2.49. The van der Waals surface area contributed by atoms with E-state index in [1.807, 2.05) is 13.8 Å². The number of rotatable bonds is 8. The molecular weight excluding hydrogens is 644 g/mol. The number of hydrogen-bond acceptors (Lipinski definition) is 7. The molecule has 6 rings (SSSR count). The normalized spacial score (nSPS) is 23.1. The van der Waals surface area contributed by atoms with Crippen molar-refractivity contribution in [2.45, 2.75) is 105 Å². The van der Waals surface area contributed by atoms with Gasteiger partial charge in [0.05, 0.1) is 22.0 Å². The average Bonchev–Trinajstić information content (AvgIpc) is 3.30. The summed E-state index contributed by atoms with van der Waals surface area (Å²) in [5, 5.41) is 0. The minimum atomic E-state index is -4.32. The van der Waals surface area contributed by atoms with Gasteiger partial charge in [-0.25, -0.2) is 30.7 Å². The predicted molar refractivity (Wildman–Crippen MR) is 174 cm³/mol. The topological polar surface area (TPSA) is 128 Å². The van der Waals surface area contributed by atoms with E-state index in [1.54, 1.807) is 24.3 Å². The van der Waals surface area contributed by atoms with Crippen LogP contribution in [0.4, 0.5) is 4.39 Å². The van der Waals surface area contributed by atoms with Gasteiger partial charge >= 0.3 is 0 Å². The number of benzene rings is 3. The summed E-state index contributed by atoms with van der Waals surface area (Å²) < 4.78 is 83.6. The van der Waals surface area contributed by atoms with Gasteiger partial charge in [0.25, 0.3) is 15.9 Å². The van der Waals surface area contributed by atoms with Crippen molar-refractivity contribution in [3.63, 3.8) is 0 Å². The van der Waals surface area contributed by atoms with E-state index in [0.717, 1.165) is 56.9 Å². The molecule has 1 saturated heterocycles. The van der Waals surface area contributed by atoms with Crippen molar-refractivity contribution >= 4 is 26.0 Å². The Morgan fingerprint density at radius 1 is 0.830 bits per heavy atom. The average molecular weight is 685 g/mol. The van der Waals surface area contributed by atoms with Gasteiger partial charge in [0, 0.05) is 23.1 Å². The standard InChI is InChI=1S/C35H41FN2O7S2/c1-35(2)31-19-14-27(21-23-9-12-25(36)13-10-23)44-33(31)30-22-24(11-20-32(30)45-35)34(39)38-47(42,43)29-17-15-28(16-18-29)46(40,41)37-26-7-5-3-4-6-8-26/h9-13,15-18,20,22,26-27,31,33,37H,3-8,14,19,21H2,1-2H3,(H,38,39)/t27-,31+,33-/m0/s1. The van der Waals surface area contributed by atoms with Crippen LogP contribution in [-0.4, -0.2) is 40.5 Å². The first-order valence-electron chi connectivity index (χ1n) is 16.2. The number of halogens is 1. The molecule has 0 aromatic heterocycles. The summed E-state index contributed by atoms with van der Waals surface area (Å²) >= 11 is 0. The van der Waals surface area contributed by atoms with Gasteiger partial charge in [-0.3, -0.25) is 4.79 Å². The molecule has 1 saturated carbocycles. The third-order valence-corrected chi connectivity index (χ3v) is 12.5. The fourth-order valence-electron chi connectivity index (χ4n) is 7.01. The highest BCUT2D eigenvalue weighted by Gasteiger charge is 2.47. The van der Waals surface area contributed by atoms with Crippen LogP contribution in [0, 0.1) is 11.7 Å². The number of amides is 1. The Kier molecular flexibility index (Phi) is 9.50. The third-order valence-electron chi connectivity index (χ3n) is 9.57. The Morgan fingerprint density at radius 3 is 2.13 bits per heavy atom. The second-order valence-electron chi connectivity index (χ2n) is 13.4. The number of nitrogens with one attached hydrogen (secondary N) is 2. The van der Waals surface area contributed by atoms with E-state index < -0.39 is 37.7 Å². The van der Waals surface area contributed by atoms with Crippen LogP contribution in [0.25, 0.3) is 0 Å². The first kappa shape index (κ1) is 33.6. The second kappa shape index (κ2) is 13.3. The predicted octanol–water partition coefficient (Wildman–Crippen LogP) is 6.20. The van der Waals surface area contributed by atoms with Crippen molar-refractivity contribution < 1.29 is 35.5 Å². The highest BCUT2D eigenvalue weighted by molar-refractivity contribution is 7.90. The maximum Gasteiger partial charge on any atom is 0.265 e. The number of carbonyl (C=O) groups is 1. The third kappa shape index (κ3) is 7.56. The zero-order valence-corrected chi connectivity index (χ0v) is 28.2. The van der Waals surface area contributed by atoms with Gasteiger partial charge in [-0.05, 0) is 106 Å². The van der Waals surface area contributed by atoms with Crippen molar-refractivity contribution in [3.8, 4) is 5.75 Å². The van der Waals surface area contributed by atoms with E-state index in [2.05, 4.69) is 9.44 Å². The monoisotopic (exact) mass is 684 g/mol. The number of hydrogen-bond donors (Lipinski definition) is 2. The Balaban J connectivity index is 1.17. The molecule has 0 radical (unpaired) electrons. The number of fused-ring (bicyclic) bond motifs is 3. The zero-order valence-electron chi connectivity index (χ0n) is 26.6. The molecule has 3 aliphatic rings. The lowest BCUT2D eigenvalue weighted by Crippen LogP contribution is -2.48. The highest BCUT2D eigenvalue weighted by Crippen LogP contribution is 2.51. The van der Waals surface area contributed by atoms with Crippen molar-refractivity contribution in [2.75, 3.05) is 0 Å². The first-order valence-corrected chi connectivity index (χ1v) is 19.2. The second-order valence-corrected chi connectivity index (χ2v) is 16.8. The van der Waals surface area contributed by atoms with Crippen LogP contribution in [0.15, 0.2) is 76.5 Å². The van der Waals surface area contributed by atoms with Crippen LogP contribution < -0.4 is 14.2 Å². The summed E-state index contributed by atoms with van der Waals surface area (Å²) in [5.74, 6) is -0.575. The first-order chi connectivity index (χ1) is 22.3. The fraction of sp³-hybridized carbons (Fsp3) is 0.457. The lowest BCUT2D eigenvalue weighted by atomic mass is 9.74. The van der Waals surface area contributed by atoms with E-state index in [4.69, 9.17) is 9.47 Å². The number of ether oxygens (including phenoxy) is 2. The van der Waals surface area contributed by atoms with E-state index >= 15 is 0 Å². The van der Waals surface area contributed by atoms with Crippen LogP contribution in [0.1, 0.15) is 92.8 Å². The molecule has 1 amide bonds. The van der Waals surface area contributed by atoms with Crippen LogP contribution in [0.5, 0.6) is 5.75 Å². The van der Waals surface area contributed by atoms with Crippen molar-refractivity contribution in [2.24, 2.45) is 5.92 Å². The van der Waals surface area contributed by atoms with Crippen LogP contribution in [0.2, 0.25) is 0 Å². The quantitative estimate of drug-likeness (QED) is 0.271. The summed E-state index contributed by atoms with van der Waals surface area (Å²) in [4.78, 5) is 13.0. The van der Waals surface area contributed by atoms with E-state index in [-0.39, 0.29) is 39.2 Å². The molecular formula is C35H41FN2O7S2. The molecule has 0 bridgehead atoms. The lowest BCUT2D eigenvalue weighted by molar-refractivity contribution is -0.149. The molecule has 252 valence electrons. The minimum absolute atomic E-state index is 0.00616. The molecule has 0 unspecified atom stereocenters. The summed E-state index contributed by atoms with van der Waals surface area (Å²) in [6.07, 6.45) is 7.33. The molecule has 9 nitrogen and oxygen atoms in total. The molecule has 47 heavy (non-hydrogen) atoms. The van der Waals surface area contributed by atoms with Gasteiger partial charge in [0.1, 0.15) is 17.2 Å². The fourth-order valence-corrected chi connectivity index (χ4v) is 9.29. The van der Waals surface area contributed by atoms with E-state index in [1.165, 1.54) is 42.5 Å². The van der Waals surface area contributed by atoms with Gasteiger partial charge < -0.3 is 9.47 Å². The Labute approximate surface area is 276 Å². The van der Waals surface area contributed by atoms with Crippen LogP contribution in [0.3, 0.4) is 0 Å². The molecule has 1 aliphatic carbocycles. The van der Waals surface area contributed by atoms with Crippen molar-refractivity contribution in [3.05, 3.63) is 89.2 Å². The van der Waals surface area contributed by atoms with E-state index in [0.29, 0.717) is 17.7 Å². The molecule has 0 spiro atoms. The smallest absolute Gasteiger partial charge is 0.265 e. The highest BCUT2D eigenvalue weighted by atomic mass is 32.2. The largest absolute Gasteiger partial charge is 0.487 e. The molecule has 12 heteroatoms. The summed E-state index contributed by atoms with van der Waals surface area (Å²) in [6, 6.07) is 15.8. The van der Waals surface area contributed by atoms with Crippen molar-refractivity contribution in [1.82, 2.24) is 9.44 Å². The summed E-state index contributed by atoms with van der Waals surface area (Å²) in [6.45, 7) is 4.02. The van der Waals surface area contributed by atoms with Crippen LogP contribution >= 0.6 is 0 Å². The number of carbonyl (C=O) groups excluding carboxylic acids is 1. The molecule has 2 aliphatic heterocycles. The molecule has 3 aromatic carbocycles. The van der Waals surface area contributed by atoms with Gasteiger partial charge in [-0.1, -0.05) is 37.8 Å². The Morgan fingerprint density at radius 2 is 1.47 bits per heavy atom. The SMILES string of the molecule is CC1(C)Oc2ccc(C(=O)NS(=O)(=O)c3ccc(S(=O)(=O)NC4CCCCCC4)cc3)cc2[C@@H]2O[C@H](Cc3ccc(F)cc3)CC[C@H]21. The van der Waals surface area contributed by atoms with Crippen LogP contribution in [-0.2, 0) is 31.2 Å². The molecule has 2 fully saturated rings. The van der Waals surface area contributed by atoms with Crippen molar-refractivity contribution in [1.29, 1.82) is 0 Å². The zero-order chi connectivity index (χ0) is 33.4. The van der Waals surface area contributed by atoms with Gasteiger partial charge in [0.15, 0.2) is 0 Å².